The summed E-state index contributed by atoms with van der Waals surface area (Å²) >= 11 is 0. The van der Waals surface area contributed by atoms with Gasteiger partial charge in [0.1, 0.15) is 11.6 Å². The van der Waals surface area contributed by atoms with E-state index in [2.05, 4.69) is 20.5 Å². The van der Waals surface area contributed by atoms with E-state index in [-0.39, 0.29) is 6.04 Å². The number of rotatable bonds is 5. The molecule has 1 atom stereocenters. The highest BCUT2D eigenvalue weighted by Crippen LogP contribution is 2.26. The van der Waals surface area contributed by atoms with Crippen molar-refractivity contribution >= 4 is 28.7 Å². The van der Waals surface area contributed by atoms with E-state index < -0.39 is 11.6 Å². The molecular formula is C22H18F2N4. The average Bonchev–Trinajstić information content (AvgIpc) is 3.09. The van der Waals surface area contributed by atoms with Crippen LogP contribution in [0.2, 0.25) is 0 Å². The van der Waals surface area contributed by atoms with Gasteiger partial charge < -0.3 is 5.32 Å². The third-order valence-corrected chi connectivity index (χ3v) is 4.48. The Labute approximate surface area is 160 Å². The van der Waals surface area contributed by atoms with Crippen molar-refractivity contribution in [1.29, 1.82) is 0 Å². The van der Waals surface area contributed by atoms with E-state index >= 15 is 0 Å². The van der Waals surface area contributed by atoms with Crippen molar-refractivity contribution in [1.82, 2.24) is 15.2 Å². The highest BCUT2D eigenvalue weighted by Gasteiger charge is 2.10. The molecule has 2 aromatic carbocycles. The summed E-state index contributed by atoms with van der Waals surface area (Å²) in [6.45, 7) is 1.86. The second-order valence-electron chi connectivity index (χ2n) is 6.56. The zero-order valence-electron chi connectivity index (χ0n) is 15.2. The number of aromatic nitrogens is 3. The molecule has 0 aliphatic carbocycles. The lowest BCUT2D eigenvalue weighted by Crippen LogP contribution is -2.07. The molecule has 4 aromatic rings. The molecule has 4 nitrogen and oxygen atoms in total. The third kappa shape index (κ3) is 3.91. The van der Waals surface area contributed by atoms with Crippen LogP contribution in [0.15, 0.2) is 60.9 Å². The minimum absolute atomic E-state index is 0.260. The Hall–Kier alpha value is -3.54. The predicted molar refractivity (Wildman–Crippen MR) is 108 cm³/mol. The molecule has 2 heterocycles. The summed E-state index contributed by atoms with van der Waals surface area (Å²) < 4.78 is 27.0. The largest absolute Gasteiger partial charge is 0.378 e. The van der Waals surface area contributed by atoms with Crippen LogP contribution < -0.4 is 5.32 Å². The van der Waals surface area contributed by atoms with Gasteiger partial charge in [0.25, 0.3) is 0 Å². The van der Waals surface area contributed by atoms with Gasteiger partial charge in [-0.15, -0.1) is 0 Å². The average molecular weight is 376 g/mol. The first kappa shape index (κ1) is 17.9. The highest BCUT2D eigenvalue weighted by atomic mass is 19.1. The summed E-state index contributed by atoms with van der Waals surface area (Å²) in [6.07, 6.45) is 7.37. The lowest BCUT2D eigenvalue weighted by atomic mass is 10.1. The molecule has 140 valence electrons. The first-order valence-electron chi connectivity index (χ1n) is 8.87. The van der Waals surface area contributed by atoms with E-state index in [4.69, 9.17) is 0 Å². The standard InChI is InChI=1S/C22H18F2N4/c1-14(16-9-17(23)11-18(24)10-16)26-19-5-7-22-20(12-19)21(27-28-22)6-4-15-3-2-8-25-13-15/h2-14,26H,1H3,(H,27,28). The molecule has 0 amide bonds. The Morgan fingerprint density at radius 3 is 2.61 bits per heavy atom. The molecule has 0 aliphatic rings. The fourth-order valence-electron chi connectivity index (χ4n) is 3.06. The van der Waals surface area contributed by atoms with Crippen LogP contribution in [0.3, 0.4) is 0 Å². The van der Waals surface area contributed by atoms with Gasteiger partial charge in [0.2, 0.25) is 0 Å². The molecule has 6 heteroatoms. The molecule has 1 unspecified atom stereocenters. The van der Waals surface area contributed by atoms with Gasteiger partial charge in [-0.05, 0) is 60.5 Å². The van der Waals surface area contributed by atoms with Gasteiger partial charge >= 0.3 is 0 Å². The first-order valence-corrected chi connectivity index (χ1v) is 8.87. The van der Waals surface area contributed by atoms with E-state index in [0.29, 0.717) is 5.56 Å². The molecule has 0 bridgehead atoms. The van der Waals surface area contributed by atoms with Crippen molar-refractivity contribution in [2.75, 3.05) is 5.32 Å². The van der Waals surface area contributed by atoms with Crippen molar-refractivity contribution in [2.24, 2.45) is 0 Å². The topological polar surface area (TPSA) is 53.6 Å². The second kappa shape index (κ2) is 7.60. The summed E-state index contributed by atoms with van der Waals surface area (Å²) in [5, 5.41) is 11.6. The van der Waals surface area contributed by atoms with Crippen LogP contribution in [0.4, 0.5) is 14.5 Å². The molecule has 28 heavy (non-hydrogen) atoms. The van der Waals surface area contributed by atoms with Gasteiger partial charge in [0.15, 0.2) is 0 Å². The number of hydrogen-bond donors (Lipinski definition) is 2. The zero-order valence-corrected chi connectivity index (χ0v) is 15.2. The number of H-pyrrole nitrogens is 1. The monoisotopic (exact) mass is 376 g/mol. The Morgan fingerprint density at radius 2 is 1.86 bits per heavy atom. The minimum atomic E-state index is -0.586. The van der Waals surface area contributed by atoms with Gasteiger partial charge in [0, 0.05) is 35.6 Å². The smallest absolute Gasteiger partial charge is 0.126 e. The molecule has 0 radical (unpaired) electrons. The Kier molecular flexibility index (Phi) is 4.85. The quantitative estimate of drug-likeness (QED) is 0.478. The van der Waals surface area contributed by atoms with Gasteiger partial charge in [-0.2, -0.15) is 5.10 Å². The van der Waals surface area contributed by atoms with Crippen molar-refractivity contribution in [3.63, 3.8) is 0 Å². The number of aromatic amines is 1. The van der Waals surface area contributed by atoms with E-state index in [0.717, 1.165) is 33.9 Å². The number of nitrogens with one attached hydrogen (secondary N) is 2. The molecule has 0 saturated carbocycles. The molecular weight excluding hydrogens is 358 g/mol. The minimum Gasteiger partial charge on any atom is -0.378 e. The molecule has 2 N–H and O–H groups in total. The molecule has 0 aliphatic heterocycles. The molecule has 4 rings (SSSR count). The van der Waals surface area contributed by atoms with E-state index in [1.54, 1.807) is 12.4 Å². The van der Waals surface area contributed by atoms with Crippen molar-refractivity contribution in [3.05, 3.63) is 89.4 Å². The summed E-state index contributed by atoms with van der Waals surface area (Å²) in [4.78, 5) is 4.09. The Balaban J connectivity index is 1.59. The predicted octanol–water partition coefficient (Wildman–Crippen LogP) is 5.58. The molecule has 0 spiro atoms. The molecule has 0 fully saturated rings. The first-order chi connectivity index (χ1) is 13.6. The van der Waals surface area contributed by atoms with Crippen molar-refractivity contribution in [2.45, 2.75) is 13.0 Å². The van der Waals surface area contributed by atoms with Crippen LogP contribution in [0.1, 0.15) is 29.8 Å². The fourth-order valence-corrected chi connectivity index (χ4v) is 3.06. The number of nitrogens with zero attached hydrogens (tertiary/aromatic N) is 2. The van der Waals surface area contributed by atoms with Gasteiger partial charge in [-0.25, -0.2) is 8.78 Å². The van der Waals surface area contributed by atoms with Crippen LogP contribution in [0.5, 0.6) is 0 Å². The van der Waals surface area contributed by atoms with E-state index in [1.807, 2.05) is 49.4 Å². The Morgan fingerprint density at radius 1 is 1.04 bits per heavy atom. The fraction of sp³-hybridized carbons (Fsp3) is 0.0909. The van der Waals surface area contributed by atoms with Crippen LogP contribution in [-0.2, 0) is 0 Å². The summed E-state index contributed by atoms with van der Waals surface area (Å²) in [5.74, 6) is -1.17. The number of halogens is 2. The van der Waals surface area contributed by atoms with E-state index in [1.165, 1.54) is 12.1 Å². The third-order valence-electron chi connectivity index (χ3n) is 4.48. The SMILES string of the molecule is CC(Nc1ccc2[nH]nc(C=Cc3cccnc3)c2c1)c1cc(F)cc(F)c1. The summed E-state index contributed by atoms with van der Waals surface area (Å²) in [6, 6.07) is 12.9. The lowest BCUT2D eigenvalue weighted by Gasteiger charge is -2.16. The maximum absolute atomic E-state index is 13.5. The number of benzene rings is 2. The lowest BCUT2D eigenvalue weighted by molar-refractivity contribution is 0.577. The van der Waals surface area contributed by atoms with Crippen LogP contribution in [0.25, 0.3) is 23.1 Å². The number of pyridine rings is 1. The molecule has 2 aromatic heterocycles. The second-order valence-corrected chi connectivity index (χ2v) is 6.56. The molecule has 0 saturated heterocycles. The normalized spacial score (nSPS) is 12.5. The van der Waals surface area contributed by atoms with Crippen molar-refractivity contribution < 1.29 is 8.78 Å². The van der Waals surface area contributed by atoms with Gasteiger partial charge in [-0.3, -0.25) is 10.1 Å². The zero-order chi connectivity index (χ0) is 19.5. The number of anilines is 1. The number of hydrogen-bond acceptors (Lipinski definition) is 3. The highest BCUT2D eigenvalue weighted by molar-refractivity contribution is 5.91. The summed E-state index contributed by atoms with van der Waals surface area (Å²) in [7, 11) is 0. The Bertz CT molecular complexity index is 1120. The van der Waals surface area contributed by atoms with E-state index in [9.17, 15) is 8.78 Å². The van der Waals surface area contributed by atoms with Crippen LogP contribution >= 0.6 is 0 Å². The van der Waals surface area contributed by atoms with Crippen LogP contribution in [0, 0.1) is 11.6 Å². The van der Waals surface area contributed by atoms with Crippen molar-refractivity contribution in [3.8, 4) is 0 Å². The maximum Gasteiger partial charge on any atom is 0.126 e. The van der Waals surface area contributed by atoms with Crippen LogP contribution in [-0.4, -0.2) is 15.2 Å². The van der Waals surface area contributed by atoms with Gasteiger partial charge in [0.05, 0.1) is 11.2 Å². The number of fused-ring (bicyclic) bond motifs is 1. The maximum atomic E-state index is 13.5. The van der Waals surface area contributed by atoms with Gasteiger partial charge in [-0.1, -0.05) is 12.1 Å². The summed E-state index contributed by atoms with van der Waals surface area (Å²) in [5.41, 5.74) is 4.06.